The summed E-state index contributed by atoms with van der Waals surface area (Å²) in [7, 11) is 0. The molecule has 1 unspecified atom stereocenters. The van der Waals surface area contributed by atoms with Crippen LogP contribution in [0, 0.1) is 13.8 Å². The van der Waals surface area contributed by atoms with E-state index in [2.05, 4.69) is 5.16 Å². The number of hydrogen-bond acceptors (Lipinski definition) is 4. The number of rotatable bonds is 2. The Balaban J connectivity index is 3.00. The topological polar surface area (TPSA) is 66.5 Å². The molecule has 2 N–H and O–H groups in total. The summed E-state index contributed by atoms with van der Waals surface area (Å²) >= 11 is 0. The minimum absolute atomic E-state index is 0.303. The lowest BCUT2D eigenvalue weighted by atomic mass is 10.1. The first-order chi connectivity index (χ1) is 5.16. The van der Waals surface area contributed by atoms with E-state index < -0.39 is 6.10 Å². The second kappa shape index (κ2) is 3.02. The quantitative estimate of drug-likeness (QED) is 0.648. The molecule has 1 aromatic heterocycles. The Hall–Kier alpha value is -0.870. The molecule has 0 aliphatic carbocycles. The van der Waals surface area contributed by atoms with E-state index in [1.807, 2.05) is 0 Å². The van der Waals surface area contributed by atoms with Crippen molar-refractivity contribution in [2.45, 2.75) is 20.0 Å². The third-order valence-electron chi connectivity index (χ3n) is 1.59. The highest BCUT2D eigenvalue weighted by molar-refractivity contribution is 5.23. The van der Waals surface area contributed by atoms with Crippen LogP contribution in [0.4, 0.5) is 0 Å². The summed E-state index contributed by atoms with van der Waals surface area (Å²) in [6.07, 6.45) is -0.874. The van der Waals surface area contributed by atoms with Crippen LogP contribution < -0.4 is 0 Å². The Kier molecular flexibility index (Phi) is 2.26. The summed E-state index contributed by atoms with van der Waals surface area (Å²) in [4.78, 5) is 0. The predicted octanol–water partition coefficient (Wildman–Crippen LogP) is 0.317. The largest absolute Gasteiger partial charge is 0.393 e. The van der Waals surface area contributed by atoms with Crippen LogP contribution in [0.15, 0.2) is 4.52 Å². The van der Waals surface area contributed by atoms with Gasteiger partial charge in [0.25, 0.3) is 0 Å². The van der Waals surface area contributed by atoms with Gasteiger partial charge in [0.2, 0.25) is 0 Å². The molecule has 4 heteroatoms. The lowest BCUT2D eigenvalue weighted by molar-refractivity contribution is 0.0939. The molecule has 0 radical (unpaired) electrons. The van der Waals surface area contributed by atoms with Gasteiger partial charge in [-0.25, -0.2) is 0 Å². The predicted molar refractivity (Wildman–Crippen MR) is 38.0 cm³/mol. The molecule has 1 rings (SSSR count). The molecule has 4 nitrogen and oxygen atoms in total. The smallest absolute Gasteiger partial charge is 0.139 e. The molecule has 0 spiro atoms. The zero-order valence-electron chi connectivity index (χ0n) is 6.53. The molecule has 1 heterocycles. The molecule has 0 aliphatic rings. The summed E-state index contributed by atoms with van der Waals surface area (Å²) < 4.78 is 4.80. The van der Waals surface area contributed by atoms with Gasteiger partial charge in [-0.1, -0.05) is 5.16 Å². The summed E-state index contributed by atoms with van der Waals surface area (Å²) in [6, 6.07) is 0. The van der Waals surface area contributed by atoms with Gasteiger partial charge in [-0.2, -0.15) is 0 Å². The highest BCUT2D eigenvalue weighted by Gasteiger charge is 2.16. The highest BCUT2D eigenvalue weighted by atomic mass is 16.5. The first-order valence-electron chi connectivity index (χ1n) is 3.38. The van der Waals surface area contributed by atoms with Crippen molar-refractivity contribution in [1.29, 1.82) is 0 Å². The van der Waals surface area contributed by atoms with Crippen LogP contribution in [0.5, 0.6) is 0 Å². The van der Waals surface area contributed by atoms with E-state index in [9.17, 15) is 5.11 Å². The van der Waals surface area contributed by atoms with Crippen molar-refractivity contribution >= 4 is 0 Å². The van der Waals surface area contributed by atoms with Crippen molar-refractivity contribution < 1.29 is 14.7 Å². The normalized spacial score (nSPS) is 13.5. The van der Waals surface area contributed by atoms with Gasteiger partial charge in [-0.05, 0) is 13.8 Å². The van der Waals surface area contributed by atoms with Gasteiger partial charge in [0.05, 0.1) is 12.3 Å². The lowest BCUT2D eigenvalue weighted by Crippen LogP contribution is -2.04. The Labute approximate surface area is 64.4 Å². The van der Waals surface area contributed by atoms with E-state index >= 15 is 0 Å². The third kappa shape index (κ3) is 1.41. The third-order valence-corrected chi connectivity index (χ3v) is 1.59. The van der Waals surface area contributed by atoms with E-state index in [0.29, 0.717) is 17.0 Å². The van der Waals surface area contributed by atoms with Crippen molar-refractivity contribution in [3.8, 4) is 0 Å². The fraction of sp³-hybridized carbons (Fsp3) is 0.571. The van der Waals surface area contributed by atoms with Crippen molar-refractivity contribution in [3.63, 3.8) is 0 Å². The lowest BCUT2D eigenvalue weighted by Gasteiger charge is -2.04. The van der Waals surface area contributed by atoms with E-state index in [1.165, 1.54) is 0 Å². The first-order valence-corrected chi connectivity index (χ1v) is 3.38. The molecular formula is C7H11NO3. The maximum atomic E-state index is 9.23. The van der Waals surface area contributed by atoms with Crippen LogP contribution in [-0.2, 0) is 0 Å². The SMILES string of the molecule is Cc1noc(C)c1C(O)CO. The first kappa shape index (κ1) is 8.23. The molecular weight excluding hydrogens is 146 g/mol. The van der Waals surface area contributed by atoms with Crippen LogP contribution in [0.25, 0.3) is 0 Å². The molecule has 0 aliphatic heterocycles. The molecule has 0 bridgehead atoms. The molecule has 0 amide bonds. The number of aromatic nitrogens is 1. The molecule has 0 saturated carbocycles. The van der Waals surface area contributed by atoms with Crippen LogP contribution in [0.3, 0.4) is 0 Å². The standard InChI is InChI=1S/C7H11NO3/c1-4-7(6(10)3-9)5(2)11-8-4/h6,9-10H,3H2,1-2H3. The van der Waals surface area contributed by atoms with Crippen LogP contribution in [-0.4, -0.2) is 22.0 Å². The molecule has 1 atom stereocenters. The van der Waals surface area contributed by atoms with Crippen LogP contribution in [0.1, 0.15) is 23.1 Å². The van der Waals surface area contributed by atoms with Crippen molar-refractivity contribution in [1.82, 2.24) is 5.16 Å². The number of aryl methyl sites for hydroxylation is 2. The van der Waals surface area contributed by atoms with E-state index in [0.717, 1.165) is 0 Å². The average Bonchev–Trinajstić information content (AvgIpc) is 2.30. The maximum absolute atomic E-state index is 9.23. The van der Waals surface area contributed by atoms with Gasteiger partial charge in [0, 0.05) is 5.56 Å². The molecule has 1 aromatic rings. The highest BCUT2D eigenvalue weighted by Crippen LogP contribution is 2.20. The Morgan fingerprint density at radius 1 is 1.55 bits per heavy atom. The van der Waals surface area contributed by atoms with E-state index in [-0.39, 0.29) is 6.61 Å². The molecule has 11 heavy (non-hydrogen) atoms. The fourth-order valence-corrected chi connectivity index (χ4v) is 1.06. The van der Waals surface area contributed by atoms with Gasteiger partial charge in [0.15, 0.2) is 0 Å². The Morgan fingerprint density at radius 2 is 2.18 bits per heavy atom. The van der Waals surface area contributed by atoms with Crippen LogP contribution in [0.2, 0.25) is 0 Å². The number of hydrogen-bond donors (Lipinski definition) is 2. The summed E-state index contributed by atoms with van der Waals surface area (Å²) in [5.41, 5.74) is 1.22. The van der Waals surface area contributed by atoms with Crippen LogP contribution >= 0.6 is 0 Å². The fourth-order valence-electron chi connectivity index (χ4n) is 1.06. The zero-order valence-corrected chi connectivity index (χ0v) is 6.53. The van der Waals surface area contributed by atoms with Crippen molar-refractivity contribution in [2.24, 2.45) is 0 Å². The minimum atomic E-state index is -0.874. The molecule has 62 valence electrons. The van der Waals surface area contributed by atoms with Gasteiger partial charge >= 0.3 is 0 Å². The number of nitrogens with zero attached hydrogens (tertiary/aromatic N) is 1. The monoisotopic (exact) mass is 157 g/mol. The molecule has 0 fully saturated rings. The maximum Gasteiger partial charge on any atom is 0.139 e. The van der Waals surface area contributed by atoms with Gasteiger partial charge in [-0.15, -0.1) is 0 Å². The summed E-state index contributed by atoms with van der Waals surface area (Å²) in [6.45, 7) is 3.13. The molecule has 0 aromatic carbocycles. The van der Waals surface area contributed by atoms with E-state index in [4.69, 9.17) is 9.63 Å². The van der Waals surface area contributed by atoms with Crippen molar-refractivity contribution in [2.75, 3.05) is 6.61 Å². The zero-order chi connectivity index (χ0) is 8.43. The second-order valence-corrected chi connectivity index (χ2v) is 2.44. The second-order valence-electron chi connectivity index (χ2n) is 2.44. The summed E-state index contributed by atoms with van der Waals surface area (Å²) in [5.74, 6) is 0.559. The number of aliphatic hydroxyl groups excluding tert-OH is 2. The Morgan fingerprint density at radius 3 is 2.55 bits per heavy atom. The van der Waals surface area contributed by atoms with Gasteiger partial charge in [-0.3, -0.25) is 0 Å². The average molecular weight is 157 g/mol. The summed E-state index contributed by atoms with van der Waals surface area (Å²) in [5, 5.41) is 21.5. The van der Waals surface area contributed by atoms with Crippen molar-refractivity contribution in [3.05, 3.63) is 17.0 Å². The minimum Gasteiger partial charge on any atom is -0.393 e. The van der Waals surface area contributed by atoms with Gasteiger partial charge in [0.1, 0.15) is 11.9 Å². The Bertz CT molecular complexity index is 224. The molecule has 0 saturated heterocycles. The number of aliphatic hydroxyl groups is 2. The van der Waals surface area contributed by atoms with E-state index in [1.54, 1.807) is 13.8 Å². The van der Waals surface area contributed by atoms with Gasteiger partial charge < -0.3 is 14.7 Å².